The summed E-state index contributed by atoms with van der Waals surface area (Å²) >= 11 is 0. The number of hydrogen-bond acceptors (Lipinski definition) is 3. The van der Waals surface area contributed by atoms with Gasteiger partial charge in [-0.05, 0) is 19.3 Å². The average Bonchev–Trinajstić information content (AvgIpc) is 2.49. The van der Waals surface area contributed by atoms with E-state index in [1.54, 1.807) is 0 Å². The molecule has 3 N–H and O–H groups in total. The number of aliphatic hydroxyl groups is 2. The largest absolute Gasteiger partial charge is 0.509 e. The first-order valence-corrected chi connectivity index (χ1v) is 8.89. The number of carbonyl (C=O) groups is 1. The lowest BCUT2D eigenvalue weighted by molar-refractivity contribution is -0.137. The summed E-state index contributed by atoms with van der Waals surface area (Å²) in [5.41, 5.74) is 0. The zero-order chi connectivity index (χ0) is 16.6. The zero-order valence-electron chi connectivity index (χ0n) is 14.1. The van der Waals surface area contributed by atoms with E-state index < -0.39 is 5.97 Å². The molecule has 0 aromatic heterocycles. The van der Waals surface area contributed by atoms with Crippen molar-refractivity contribution in [1.29, 1.82) is 0 Å². The minimum Gasteiger partial charge on any atom is -0.509 e. The van der Waals surface area contributed by atoms with E-state index in [1.165, 1.54) is 25.7 Å². The second-order valence-corrected chi connectivity index (χ2v) is 6.07. The van der Waals surface area contributed by atoms with Crippen LogP contribution in [0.25, 0.3) is 0 Å². The number of aliphatic carboxylic acids is 1. The molecule has 0 fully saturated rings. The van der Waals surface area contributed by atoms with Crippen LogP contribution in [-0.4, -0.2) is 21.3 Å². The molecule has 0 aromatic rings. The normalized spacial score (nSPS) is 12.2. The monoisotopic (exact) mass is 314 g/mol. The molecule has 0 aliphatic rings. The molecule has 4 nitrogen and oxygen atoms in total. The van der Waals surface area contributed by atoms with Crippen molar-refractivity contribution in [3.05, 3.63) is 11.5 Å². The standard InChI is InChI=1S/C18H34O4/c1-2-3-4-5-7-10-13-16(19)17(20)14-11-8-6-9-12-15-18(21)22/h19-20H,2-15H2,1H3,(H,21,22)/b17-16-. The molecule has 0 radical (unpaired) electrons. The van der Waals surface area contributed by atoms with E-state index in [9.17, 15) is 15.0 Å². The van der Waals surface area contributed by atoms with Crippen molar-refractivity contribution in [3.63, 3.8) is 0 Å². The van der Waals surface area contributed by atoms with Crippen molar-refractivity contribution < 1.29 is 20.1 Å². The highest BCUT2D eigenvalue weighted by Crippen LogP contribution is 2.16. The molecule has 0 heterocycles. The predicted octanol–water partition coefficient (Wildman–Crippen LogP) is 5.88. The number of hydrogen-bond donors (Lipinski definition) is 3. The molecular weight excluding hydrogens is 280 g/mol. The molecular formula is C18H34O4. The van der Waals surface area contributed by atoms with Gasteiger partial charge in [-0.25, -0.2) is 0 Å². The topological polar surface area (TPSA) is 77.8 Å². The molecule has 0 aromatic carbocycles. The van der Waals surface area contributed by atoms with E-state index in [0.717, 1.165) is 44.9 Å². The van der Waals surface area contributed by atoms with Gasteiger partial charge in [-0.1, -0.05) is 58.3 Å². The maximum Gasteiger partial charge on any atom is 0.303 e. The maximum atomic E-state index is 10.3. The molecule has 22 heavy (non-hydrogen) atoms. The molecule has 0 spiro atoms. The van der Waals surface area contributed by atoms with Crippen molar-refractivity contribution in [2.24, 2.45) is 0 Å². The third kappa shape index (κ3) is 13.8. The summed E-state index contributed by atoms with van der Waals surface area (Å²) in [6.07, 6.45) is 12.8. The Balaban J connectivity index is 3.53. The van der Waals surface area contributed by atoms with Crippen LogP contribution in [0.2, 0.25) is 0 Å². The first kappa shape index (κ1) is 20.8. The lowest BCUT2D eigenvalue weighted by Crippen LogP contribution is -1.94. The van der Waals surface area contributed by atoms with Crippen LogP contribution in [0.15, 0.2) is 11.5 Å². The van der Waals surface area contributed by atoms with Gasteiger partial charge in [0.1, 0.15) is 11.5 Å². The van der Waals surface area contributed by atoms with Gasteiger partial charge in [-0.2, -0.15) is 0 Å². The van der Waals surface area contributed by atoms with Crippen molar-refractivity contribution in [2.75, 3.05) is 0 Å². The van der Waals surface area contributed by atoms with Crippen LogP contribution < -0.4 is 0 Å². The van der Waals surface area contributed by atoms with E-state index in [1.807, 2.05) is 0 Å². The fourth-order valence-corrected chi connectivity index (χ4v) is 2.46. The Kier molecular flexibility index (Phi) is 13.9. The highest BCUT2D eigenvalue weighted by atomic mass is 16.4. The fraction of sp³-hybridized carbons (Fsp3) is 0.833. The third-order valence-electron chi connectivity index (χ3n) is 3.90. The Morgan fingerprint density at radius 3 is 1.36 bits per heavy atom. The van der Waals surface area contributed by atoms with Gasteiger partial charge in [-0.15, -0.1) is 0 Å². The molecule has 0 unspecified atom stereocenters. The molecule has 0 bridgehead atoms. The Bertz CT molecular complexity index is 310. The summed E-state index contributed by atoms with van der Waals surface area (Å²) in [6.45, 7) is 2.19. The summed E-state index contributed by atoms with van der Waals surface area (Å²) in [6, 6.07) is 0. The fourth-order valence-electron chi connectivity index (χ4n) is 2.46. The minimum atomic E-state index is -0.736. The molecule has 0 rings (SSSR count). The zero-order valence-corrected chi connectivity index (χ0v) is 14.1. The van der Waals surface area contributed by atoms with Gasteiger partial charge in [-0.3, -0.25) is 4.79 Å². The lowest BCUT2D eigenvalue weighted by Gasteiger charge is -2.06. The van der Waals surface area contributed by atoms with Gasteiger partial charge < -0.3 is 15.3 Å². The highest BCUT2D eigenvalue weighted by molar-refractivity contribution is 5.66. The molecule has 0 amide bonds. The predicted molar refractivity (Wildman–Crippen MR) is 90.2 cm³/mol. The smallest absolute Gasteiger partial charge is 0.303 e. The average molecular weight is 314 g/mol. The number of rotatable bonds is 15. The molecule has 4 heteroatoms. The van der Waals surface area contributed by atoms with E-state index >= 15 is 0 Å². The number of unbranched alkanes of at least 4 members (excludes halogenated alkanes) is 9. The lowest BCUT2D eigenvalue weighted by atomic mass is 10.1. The molecule has 130 valence electrons. The molecule has 0 saturated heterocycles. The second kappa shape index (κ2) is 14.7. The Labute approximate surface area is 135 Å². The number of allylic oxidation sites excluding steroid dienone is 2. The number of aliphatic hydroxyl groups excluding tert-OH is 2. The van der Waals surface area contributed by atoms with Gasteiger partial charge in [0.2, 0.25) is 0 Å². The van der Waals surface area contributed by atoms with Crippen LogP contribution in [0.3, 0.4) is 0 Å². The first-order chi connectivity index (χ1) is 10.6. The Morgan fingerprint density at radius 1 is 0.591 bits per heavy atom. The molecule has 0 atom stereocenters. The first-order valence-electron chi connectivity index (χ1n) is 8.89. The van der Waals surface area contributed by atoms with Crippen molar-refractivity contribution in [2.45, 2.75) is 96.8 Å². The van der Waals surface area contributed by atoms with Crippen LogP contribution >= 0.6 is 0 Å². The number of carboxylic acid groups (broad SMARTS) is 1. The minimum absolute atomic E-state index is 0.138. The number of carboxylic acids is 1. The highest BCUT2D eigenvalue weighted by Gasteiger charge is 2.04. The summed E-state index contributed by atoms with van der Waals surface area (Å²) in [7, 11) is 0. The summed E-state index contributed by atoms with van der Waals surface area (Å²) in [5, 5.41) is 28.1. The van der Waals surface area contributed by atoms with Crippen LogP contribution in [0.4, 0.5) is 0 Å². The van der Waals surface area contributed by atoms with E-state index in [4.69, 9.17) is 5.11 Å². The Hall–Kier alpha value is -1.19. The summed E-state index contributed by atoms with van der Waals surface area (Å²) in [5.74, 6) is -0.444. The van der Waals surface area contributed by atoms with Crippen LogP contribution in [-0.2, 0) is 4.79 Å². The van der Waals surface area contributed by atoms with Crippen molar-refractivity contribution in [1.82, 2.24) is 0 Å². The van der Waals surface area contributed by atoms with Crippen molar-refractivity contribution >= 4 is 5.97 Å². The molecule has 0 aliphatic heterocycles. The van der Waals surface area contributed by atoms with Crippen LogP contribution in [0.1, 0.15) is 96.8 Å². The third-order valence-corrected chi connectivity index (χ3v) is 3.90. The van der Waals surface area contributed by atoms with Gasteiger partial charge in [0.25, 0.3) is 0 Å². The Morgan fingerprint density at radius 2 is 0.955 bits per heavy atom. The SMILES string of the molecule is CCCCCCCC/C(O)=C(/O)CCCCCCCC(=O)O. The summed E-state index contributed by atoms with van der Waals surface area (Å²) in [4.78, 5) is 10.3. The van der Waals surface area contributed by atoms with Gasteiger partial charge >= 0.3 is 5.97 Å². The van der Waals surface area contributed by atoms with E-state index in [-0.39, 0.29) is 17.9 Å². The van der Waals surface area contributed by atoms with Crippen molar-refractivity contribution in [3.8, 4) is 0 Å². The van der Waals surface area contributed by atoms with Crippen LogP contribution in [0, 0.1) is 0 Å². The summed E-state index contributed by atoms with van der Waals surface area (Å²) < 4.78 is 0. The van der Waals surface area contributed by atoms with Gasteiger partial charge in [0, 0.05) is 19.3 Å². The van der Waals surface area contributed by atoms with Gasteiger partial charge in [0.05, 0.1) is 0 Å². The molecule has 0 saturated carbocycles. The van der Waals surface area contributed by atoms with E-state index in [0.29, 0.717) is 12.8 Å². The van der Waals surface area contributed by atoms with Gasteiger partial charge in [0.15, 0.2) is 0 Å². The quantitative estimate of drug-likeness (QED) is 0.260. The maximum absolute atomic E-state index is 10.3. The van der Waals surface area contributed by atoms with Crippen LogP contribution in [0.5, 0.6) is 0 Å². The van der Waals surface area contributed by atoms with E-state index in [2.05, 4.69) is 6.92 Å². The molecule has 0 aliphatic carbocycles. The second-order valence-electron chi connectivity index (χ2n) is 6.07.